The molecule has 0 aliphatic heterocycles. The standard InChI is InChI=1S/C25H22N/c1-26(22-15-7-3-8-16-22,23-17-9-4-10-18-23)25-20-12-11-19-24(25)21-13-5-2-6-14-21/h2-20H,1H3/q+1. The Morgan fingerprint density at radius 2 is 0.885 bits per heavy atom. The summed E-state index contributed by atoms with van der Waals surface area (Å²) in [5.74, 6) is 0. The second kappa shape index (κ2) is 6.99. The Morgan fingerprint density at radius 3 is 1.42 bits per heavy atom. The van der Waals surface area contributed by atoms with Crippen molar-refractivity contribution in [2.75, 3.05) is 7.05 Å². The summed E-state index contributed by atoms with van der Waals surface area (Å²) in [5.41, 5.74) is 6.22. The summed E-state index contributed by atoms with van der Waals surface area (Å²) in [4.78, 5) is 0. The summed E-state index contributed by atoms with van der Waals surface area (Å²) < 4.78 is 0.618. The molecule has 4 aromatic carbocycles. The summed E-state index contributed by atoms with van der Waals surface area (Å²) >= 11 is 0. The van der Waals surface area contributed by atoms with Crippen molar-refractivity contribution in [3.63, 3.8) is 0 Å². The van der Waals surface area contributed by atoms with Crippen LogP contribution in [0.5, 0.6) is 0 Å². The third kappa shape index (κ3) is 2.83. The fraction of sp³-hybridized carbons (Fsp3) is 0.0400. The SMILES string of the molecule is C[N+](c1ccccc1)(c1ccccc1)c1ccccc1-c1ccccc1. The minimum atomic E-state index is 0.618. The van der Waals surface area contributed by atoms with Crippen LogP contribution in [0.3, 0.4) is 0 Å². The minimum absolute atomic E-state index is 0.618. The summed E-state index contributed by atoms with van der Waals surface area (Å²) in [6.07, 6.45) is 0. The number of benzene rings is 4. The summed E-state index contributed by atoms with van der Waals surface area (Å²) in [6, 6.07) is 40.7. The van der Waals surface area contributed by atoms with Gasteiger partial charge in [-0.15, -0.1) is 0 Å². The van der Waals surface area contributed by atoms with Gasteiger partial charge in [0.15, 0.2) is 5.69 Å². The van der Waals surface area contributed by atoms with Crippen LogP contribution < -0.4 is 4.48 Å². The van der Waals surface area contributed by atoms with E-state index >= 15 is 0 Å². The number of nitrogens with zero attached hydrogens (tertiary/aromatic N) is 1. The van der Waals surface area contributed by atoms with Crippen LogP contribution in [0.4, 0.5) is 17.1 Å². The van der Waals surface area contributed by atoms with Gasteiger partial charge in [0, 0.05) is 11.6 Å². The molecule has 0 amide bonds. The summed E-state index contributed by atoms with van der Waals surface area (Å²) in [5, 5.41) is 0. The molecule has 1 heteroatoms. The van der Waals surface area contributed by atoms with Crippen LogP contribution in [0.2, 0.25) is 0 Å². The normalized spacial score (nSPS) is 11.3. The molecule has 0 spiro atoms. The van der Waals surface area contributed by atoms with Crippen molar-refractivity contribution in [3.8, 4) is 11.1 Å². The molecule has 4 rings (SSSR count). The molecule has 1 nitrogen and oxygen atoms in total. The Labute approximate surface area is 155 Å². The van der Waals surface area contributed by atoms with Crippen molar-refractivity contribution in [2.24, 2.45) is 0 Å². The smallest absolute Gasteiger partial charge is 0.150 e. The van der Waals surface area contributed by atoms with Crippen molar-refractivity contribution in [2.45, 2.75) is 0 Å². The average Bonchev–Trinajstić information content (AvgIpc) is 2.75. The number of hydrogen-bond donors (Lipinski definition) is 0. The summed E-state index contributed by atoms with van der Waals surface area (Å²) in [7, 11) is 2.27. The van der Waals surface area contributed by atoms with Gasteiger partial charge in [0.25, 0.3) is 0 Å². The Kier molecular flexibility index (Phi) is 4.39. The second-order valence-corrected chi connectivity index (χ2v) is 6.56. The Hall–Kier alpha value is -3.16. The molecule has 0 atom stereocenters. The Bertz CT molecular complexity index is 937. The van der Waals surface area contributed by atoms with E-state index in [0.717, 1.165) is 0 Å². The van der Waals surface area contributed by atoms with Crippen molar-refractivity contribution < 1.29 is 0 Å². The molecule has 4 aromatic rings. The van der Waals surface area contributed by atoms with Gasteiger partial charge in [-0.25, -0.2) is 4.48 Å². The van der Waals surface area contributed by atoms with Gasteiger partial charge in [0.05, 0.1) is 7.05 Å². The lowest BCUT2D eigenvalue weighted by Gasteiger charge is -2.34. The quantitative estimate of drug-likeness (QED) is 0.354. The first kappa shape index (κ1) is 16.3. The van der Waals surface area contributed by atoms with Crippen molar-refractivity contribution >= 4 is 17.1 Å². The predicted octanol–water partition coefficient (Wildman–Crippen LogP) is 6.95. The maximum absolute atomic E-state index is 2.27. The fourth-order valence-electron chi connectivity index (χ4n) is 3.60. The van der Waals surface area contributed by atoms with Gasteiger partial charge in [-0.2, -0.15) is 0 Å². The zero-order chi connectivity index (χ0) is 17.8. The highest BCUT2D eigenvalue weighted by Crippen LogP contribution is 2.46. The topological polar surface area (TPSA) is 0 Å². The van der Waals surface area contributed by atoms with Crippen LogP contribution in [0.15, 0.2) is 115 Å². The molecule has 0 saturated heterocycles. The van der Waals surface area contributed by atoms with E-state index in [0.29, 0.717) is 4.48 Å². The molecule has 0 bridgehead atoms. The first-order valence-corrected chi connectivity index (χ1v) is 8.93. The second-order valence-electron chi connectivity index (χ2n) is 6.56. The van der Waals surface area contributed by atoms with Crippen LogP contribution in [0.25, 0.3) is 11.1 Å². The van der Waals surface area contributed by atoms with Crippen LogP contribution in [0.1, 0.15) is 0 Å². The number of quaternary nitrogens is 1. The number of para-hydroxylation sites is 3. The minimum Gasteiger partial charge on any atom is -0.229 e. The Balaban J connectivity index is 2.01. The largest absolute Gasteiger partial charge is 0.229 e. The molecule has 0 aliphatic carbocycles. The highest BCUT2D eigenvalue weighted by molar-refractivity contribution is 5.84. The molecule has 0 saturated carbocycles. The van der Waals surface area contributed by atoms with Crippen LogP contribution >= 0.6 is 0 Å². The molecule has 26 heavy (non-hydrogen) atoms. The lowest BCUT2D eigenvalue weighted by atomic mass is 10.00. The first-order chi connectivity index (χ1) is 12.8. The Morgan fingerprint density at radius 1 is 0.462 bits per heavy atom. The van der Waals surface area contributed by atoms with E-state index in [2.05, 4.69) is 122 Å². The monoisotopic (exact) mass is 336 g/mol. The van der Waals surface area contributed by atoms with E-state index in [1.807, 2.05) is 0 Å². The zero-order valence-corrected chi connectivity index (χ0v) is 14.9. The van der Waals surface area contributed by atoms with Gasteiger partial charge in [0.1, 0.15) is 11.4 Å². The molecule has 126 valence electrons. The van der Waals surface area contributed by atoms with Crippen LogP contribution in [-0.2, 0) is 0 Å². The van der Waals surface area contributed by atoms with E-state index < -0.39 is 0 Å². The molecule has 0 N–H and O–H groups in total. The highest BCUT2D eigenvalue weighted by atomic mass is 15.3. The predicted molar refractivity (Wildman–Crippen MR) is 112 cm³/mol. The van der Waals surface area contributed by atoms with Crippen LogP contribution in [-0.4, -0.2) is 7.05 Å². The van der Waals surface area contributed by atoms with E-state index in [9.17, 15) is 0 Å². The molecular formula is C25H22N+. The van der Waals surface area contributed by atoms with Gasteiger partial charge in [-0.1, -0.05) is 78.9 Å². The van der Waals surface area contributed by atoms with Gasteiger partial charge in [-0.3, -0.25) is 0 Å². The third-order valence-electron chi connectivity index (χ3n) is 5.02. The first-order valence-electron chi connectivity index (χ1n) is 8.93. The average molecular weight is 336 g/mol. The van der Waals surface area contributed by atoms with Crippen molar-refractivity contribution in [1.29, 1.82) is 0 Å². The molecule has 0 radical (unpaired) electrons. The van der Waals surface area contributed by atoms with E-state index in [1.54, 1.807) is 0 Å². The van der Waals surface area contributed by atoms with E-state index in [-0.39, 0.29) is 0 Å². The molecule has 0 aliphatic rings. The van der Waals surface area contributed by atoms with E-state index in [4.69, 9.17) is 0 Å². The molecule has 0 fully saturated rings. The molecule has 0 aromatic heterocycles. The van der Waals surface area contributed by atoms with Gasteiger partial charge in [-0.05, 0) is 35.9 Å². The van der Waals surface area contributed by atoms with Crippen LogP contribution in [0, 0.1) is 0 Å². The maximum atomic E-state index is 2.27. The van der Waals surface area contributed by atoms with Gasteiger partial charge in [0.2, 0.25) is 0 Å². The lowest BCUT2D eigenvalue weighted by Crippen LogP contribution is -2.34. The van der Waals surface area contributed by atoms with Crippen molar-refractivity contribution in [3.05, 3.63) is 115 Å². The number of hydrogen-bond acceptors (Lipinski definition) is 0. The lowest BCUT2D eigenvalue weighted by molar-refractivity contribution is 0.629. The maximum Gasteiger partial charge on any atom is 0.150 e. The van der Waals surface area contributed by atoms with Gasteiger partial charge >= 0.3 is 0 Å². The third-order valence-corrected chi connectivity index (χ3v) is 5.02. The molecular weight excluding hydrogens is 314 g/mol. The summed E-state index contributed by atoms with van der Waals surface area (Å²) in [6.45, 7) is 0. The van der Waals surface area contributed by atoms with E-state index in [1.165, 1.54) is 28.2 Å². The zero-order valence-electron chi connectivity index (χ0n) is 14.9. The van der Waals surface area contributed by atoms with Gasteiger partial charge < -0.3 is 0 Å². The van der Waals surface area contributed by atoms with Crippen molar-refractivity contribution in [1.82, 2.24) is 4.48 Å². The molecule has 0 heterocycles. The molecule has 0 unspecified atom stereocenters. The highest BCUT2D eigenvalue weighted by Gasteiger charge is 2.33. The fourth-order valence-corrected chi connectivity index (χ4v) is 3.60. The number of rotatable bonds is 4.